The summed E-state index contributed by atoms with van der Waals surface area (Å²) in [4.78, 5) is 2.57. The number of hydrogen-bond donors (Lipinski definition) is 0. The fourth-order valence-electron chi connectivity index (χ4n) is 15.6. The molecule has 3 aromatic heterocycles. The van der Waals surface area contributed by atoms with Crippen molar-refractivity contribution in [2.45, 2.75) is 37.0 Å². The van der Waals surface area contributed by atoms with E-state index in [2.05, 4.69) is 304 Å². The van der Waals surface area contributed by atoms with Gasteiger partial charge in [0.1, 0.15) is 0 Å². The predicted molar refractivity (Wildman–Crippen MR) is 350 cm³/mol. The molecule has 1 aliphatic heterocycles. The first-order valence-corrected chi connectivity index (χ1v) is 29.8. The third-order valence-electron chi connectivity index (χ3n) is 19.0. The molecule has 0 fully saturated rings. The van der Waals surface area contributed by atoms with E-state index < -0.39 is 5.41 Å². The number of allylic oxidation sites excluding steroid dienone is 8. The van der Waals surface area contributed by atoms with E-state index in [0.29, 0.717) is 0 Å². The molecule has 0 N–H and O–H groups in total. The Balaban J connectivity index is 0.892. The summed E-state index contributed by atoms with van der Waals surface area (Å²) in [5.41, 5.74) is 25.5. The first kappa shape index (κ1) is 47.2. The van der Waals surface area contributed by atoms with Crippen molar-refractivity contribution in [1.29, 1.82) is 0 Å². The lowest BCUT2D eigenvalue weighted by Gasteiger charge is -2.40. The van der Waals surface area contributed by atoms with Gasteiger partial charge in [0.15, 0.2) is 0 Å². The van der Waals surface area contributed by atoms with Gasteiger partial charge in [0, 0.05) is 66.7 Å². The summed E-state index contributed by atoms with van der Waals surface area (Å²) in [6, 6.07) is 94.6. The molecular weight excluding hydrogens is 1020 g/mol. The highest BCUT2D eigenvalue weighted by molar-refractivity contribution is 6.14. The number of aromatic nitrogens is 3. The highest BCUT2D eigenvalue weighted by Crippen LogP contribution is 2.62. The van der Waals surface area contributed by atoms with Crippen LogP contribution in [0.2, 0.25) is 0 Å². The maximum absolute atomic E-state index is 2.62. The second-order valence-electron chi connectivity index (χ2n) is 23.3. The molecule has 14 aromatic rings. The van der Waals surface area contributed by atoms with E-state index in [9.17, 15) is 0 Å². The van der Waals surface area contributed by atoms with Crippen LogP contribution in [0.1, 0.15) is 70.5 Å². The molecule has 4 nitrogen and oxygen atoms in total. The maximum atomic E-state index is 2.62. The van der Waals surface area contributed by atoms with Gasteiger partial charge in [-0.25, -0.2) is 0 Å². The van der Waals surface area contributed by atoms with Crippen molar-refractivity contribution in [3.05, 3.63) is 330 Å². The lowest BCUT2D eigenvalue weighted by Crippen LogP contribution is -2.34. The molecule has 3 aliphatic carbocycles. The molecule has 0 saturated heterocycles. The highest BCUT2D eigenvalue weighted by Gasteiger charge is 2.51. The Hall–Kier alpha value is -10.4. The van der Waals surface area contributed by atoms with Crippen molar-refractivity contribution in [3.8, 4) is 22.5 Å². The van der Waals surface area contributed by atoms with Gasteiger partial charge in [-0.3, -0.25) is 0 Å². The summed E-state index contributed by atoms with van der Waals surface area (Å²) in [7, 11) is 0. The third-order valence-corrected chi connectivity index (χ3v) is 19.0. The van der Waals surface area contributed by atoms with Gasteiger partial charge < -0.3 is 18.6 Å². The molecule has 84 heavy (non-hydrogen) atoms. The zero-order chi connectivity index (χ0) is 55.0. The first-order chi connectivity index (χ1) is 41.7. The minimum absolute atomic E-state index is 0.0646. The fourth-order valence-corrected chi connectivity index (χ4v) is 15.6. The Labute approximate surface area is 487 Å². The van der Waals surface area contributed by atoms with Crippen LogP contribution in [-0.4, -0.2) is 13.7 Å². The smallest absolute Gasteiger partial charge is 0.0755 e. The number of anilines is 2. The normalized spacial score (nSPS) is 16.2. The van der Waals surface area contributed by atoms with Crippen LogP contribution in [0.15, 0.2) is 291 Å². The standard InChI is InChI=1S/C80H56N4/c1-5-22-52(23-6-1)78(53-41-46-75-66(48-53)63-31-14-17-36-72(63)82(75)56-26-9-3-10-27-56)54-40-44-60-61-45-42-59(81(55-24-7-2-8-25-55)58-43-47-76-67(50-58)64-32-15-18-37-73(64)83(76)57-28-11-4-12-29-57)51-71(61)80(70(60)49-54)68-34-16-20-39-77(68)84-74-38-19-13-30-62(74)65-33-21-35-69(80)79(65)84/h1-3,5-7,9-11,13-24,26-51,78H,4,8,12,25H2. The number of para-hydroxylation sites is 6. The molecule has 0 amide bonds. The topological polar surface area (TPSA) is 18.0 Å². The van der Waals surface area contributed by atoms with Crippen molar-refractivity contribution in [2.75, 3.05) is 4.90 Å². The molecule has 396 valence electrons. The predicted octanol–water partition coefficient (Wildman–Crippen LogP) is 20.4. The summed E-state index contributed by atoms with van der Waals surface area (Å²) >= 11 is 0. The van der Waals surface area contributed by atoms with Crippen LogP contribution in [0.4, 0.5) is 11.4 Å². The van der Waals surface area contributed by atoms with Crippen LogP contribution in [0, 0.1) is 0 Å². The Morgan fingerprint density at radius 3 is 1.74 bits per heavy atom. The van der Waals surface area contributed by atoms with E-state index in [0.717, 1.165) is 42.7 Å². The first-order valence-electron chi connectivity index (χ1n) is 29.8. The largest absolute Gasteiger partial charge is 0.314 e. The van der Waals surface area contributed by atoms with E-state index in [1.54, 1.807) is 0 Å². The summed E-state index contributed by atoms with van der Waals surface area (Å²) in [5.74, 6) is -0.0646. The molecule has 18 rings (SSSR count). The highest BCUT2D eigenvalue weighted by atomic mass is 15.2. The number of hydrogen-bond acceptors (Lipinski definition) is 1. The Bertz CT molecular complexity index is 5210. The molecular formula is C80H56N4. The second-order valence-corrected chi connectivity index (χ2v) is 23.3. The minimum Gasteiger partial charge on any atom is -0.314 e. The van der Waals surface area contributed by atoms with Gasteiger partial charge in [-0.15, -0.1) is 0 Å². The van der Waals surface area contributed by atoms with Crippen molar-refractivity contribution in [1.82, 2.24) is 13.7 Å². The second kappa shape index (κ2) is 18.3. The van der Waals surface area contributed by atoms with Gasteiger partial charge in [-0.05, 0) is 167 Å². The van der Waals surface area contributed by atoms with E-state index >= 15 is 0 Å². The van der Waals surface area contributed by atoms with Gasteiger partial charge in [0.2, 0.25) is 0 Å². The van der Waals surface area contributed by atoms with Crippen LogP contribution in [0.5, 0.6) is 0 Å². The third kappa shape index (κ3) is 6.65. The maximum Gasteiger partial charge on any atom is 0.0755 e. The summed E-state index contributed by atoms with van der Waals surface area (Å²) in [5, 5.41) is 7.57. The van der Waals surface area contributed by atoms with Crippen molar-refractivity contribution < 1.29 is 0 Å². The molecule has 0 bridgehead atoms. The summed E-state index contributed by atoms with van der Waals surface area (Å²) in [6.45, 7) is 0. The van der Waals surface area contributed by atoms with Crippen LogP contribution in [-0.2, 0) is 5.41 Å². The number of benzene rings is 11. The van der Waals surface area contributed by atoms with Crippen LogP contribution < -0.4 is 4.90 Å². The molecule has 0 radical (unpaired) electrons. The number of fused-ring (bicyclic) bond motifs is 18. The van der Waals surface area contributed by atoms with Gasteiger partial charge in [-0.2, -0.15) is 0 Å². The molecule has 4 aliphatic rings. The Morgan fingerprint density at radius 2 is 0.964 bits per heavy atom. The van der Waals surface area contributed by atoms with Crippen molar-refractivity contribution in [2.24, 2.45) is 0 Å². The average molecular weight is 1070 g/mol. The van der Waals surface area contributed by atoms with E-state index in [-0.39, 0.29) is 5.92 Å². The van der Waals surface area contributed by atoms with Gasteiger partial charge in [0.25, 0.3) is 0 Å². The molecule has 2 unspecified atom stereocenters. The summed E-state index contributed by atoms with van der Waals surface area (Å²) < 4.78 is 7.45. The van der Waals surface area contributed by atoms with Gasteiger partial charge in [-0.1, -0.05) is 194 Å². The molecule has 2 atom stereocenters. The van der Waals surface area contributed by atoms with Gasteiger partial charge >= 0.3 is 0 Å². The molecule has 4 heteroatoms. The Kier molecular flexibility index (Phi) is 10.3. The lowest BCUT2D eigenvalue weighted by molar-refractivity contribution is 0.745. The quantitative estimate of drug-likeness (QED) is 0.139. The minimum atomic E-state index is -0.698. The monoisotopic (exact) mass is 1070 g/mol. The van der Waals surface area contributed by atoms with E-state index in [4.69, 9.17) is 0 Å². The van der Waals surface area contributed by atoms with Crippen LogP contribution >= 0.6 is 0 Å². The fraction of sp³-hybridized carbons (Fsp3) is 0.0750. The van der Waals surface area contributed by atoms with E-state index in [1.165, 1.54) is 133 Å². The molecule has 1 spiro atoms. The number of rotatable bonds is 8. The van der Waals surface area contributed by atoms with E-state index in [1.807, 2.05) is 0 Å². The van der Waals surface area contributed by atoms with Gasteiger partial charge in [0.05, 0.1) is 44.2 Å². The van der Waals surface area contributed by atoms with Crippen molar-refractivity contribution >= 4 is 82.5 Å². The summed E-state index contributed by atoms with van der Waals surface area (Å²) in [6.07, 6.45) is 17.9. The average Bonchev–Trinajstić information content (AvgIpc) is 1.89. The molecule has 11 aromatic carbocycles. The molecule has 0 saturated carbocycles. The van der Waals surface area contributed by atoms with Crippen LogP contribution in [0.3, 0.4) is 0 Å². The SMILES string of the molecule is C1=CCCC(N(c2ccc3c(c2)C2(c4cc(C(c5ccccc5)c5ccc6c(c5)c5ccccc5n6-c5ccccc5)ccc4-3)c3ccccc3-n3c4ccccc4c4cccc2c43)c2ccc3c(c2)c2ccccc2n3C2=CCCC=C2)=C1. The van der Waals surface area contributed by atoms with Crippen molar-refractivity contribution in [3.63, 3.8) is 0 Å². The van der Waals surface area contributed by atoms with Crippen LogP contribution in [0.25, 0.3) is 93.6 Å². The number of nitrogens with zero attached hydrogens (tertiary/aromatic N) is 4. The lowest BCUT2D eigenvalue weighted by atomic mass is 9.65. The zero-order valence-electron chi connectivity index (χ0n) is 46.3. The molecule has 4 heterocycles. The zero-order valence-corrected chi connectivity index (χ0v) is 46.3. The Morgan fingerprint density at radius 1 is 0.381 bits per heavy atom.